The molecule has 27 heavy (non-hydrogen) atoms. The summed E-state index contributed by atoms with van der Waals surface area (Å²) in [6.07, 6.45) is 0.295. The van der Waals surface area contributed by atoms with Crippen molar-refractivity contribution in [3.05, 3.63) is 64.9 Å². The number of allylic oxidation sites excluding steroid dienone is 1. The molecule has 0 aliphatic heterocycles. The van der Waals surface area contributed by atoms with Crippen molar-refractivity contribution in [3.63, 3.8) is 0 Å². The minimum absolute atomic E-state index is 0.0211. The van der Waals surface area contributed by atoms with E-state index in [0.717, 1.165) is 27.5 Å². The number of ketones is 1. The van der Waals surface area contributed by atoms with Crippen molar-refractivity contribution in [2.45, 2.75) is 33.8 Å². The van der Waals surface area contributed by atoms with Crippen LogP contribution in [0.25, 0.3) is 27.7 Å². The second kappa shape index (κ2) is 6.23. The lowest BCUT2D eigenvalue weighted by atomic mass is 9.81. The fourth-order valence-electron chi connectivity index (χ4n) is 3.70. The molecular weight excluding hydrogens is 340 g/mol. The maximum Gasteiger partial charge on any atom is 0.305 e. The minimum atomic E-state index is -0.304. The second-order valence-electron chi connectivity index (χ2n) is 6.83. The number of hydrogen-bond donors (Lipinski definition) is 0. The normalized spacial score (nSPS) is 12.9. The highest BCUT2D eigenvalue weighted by Crippen LogP contribution is 2.45. The lowest BCUT2D eigenvalue weighted by molar-refractivity contribution is -0.145. The summed E-state index contributed by atoms with van der Waals surface area (Å²) in [6.45, 7) is 9.70. The van der Waals surface area contributed by atoms with Gasteiger partial charge in [-0.15, -0.1) is 0 Å². The number of hydrogen-bond acceptors (Lipinski definition) is 4. The minimum Gasteiger partial charge on any atom is -0.457 e. The van der Waals surface area contributed by atoms with Crippen molar-refractivity contribution < 1.29 is 18.7 Å². The molecule has 1 heterocycles. The van der Waals surface area contributed by atoms with Crippen LogP contribution in [-0.2, 0) is 16.1 Å². The Morgan fingerprint density at radius 1 is 1.11 bits per heavy atom. The number of aryl methyl sites for hydroxylation is 1. The third kappa shape index (κ3) is 2.52. The summed E-state index contributed by atoms with van der Waals surface area (Å²) in [5, 5.41) is 2.08. The van der Waals surface area contributed by atoms with Gasteiger partial charge in [0.25, 0.3) is 0 Å². The van der Waals surface area contributed by atoms with Crippen LogP contribution in [-0.4, -0.2) is 11.8 Å². The molecule has 0 saturated heterocycles. The molecule has 1 aliphatic rings. The summed E-state index contributed by atoms with van der Waals surface area (Å²) in [7, 11) is 0. The van der Waals surface area contributed by atoms with E-state index in [1.54, 1.807) is 6.92 Å². The molecule has 0 fully saturated rings. The Balaban J connectivity index is 1.93. The lowest BCUT2D eigenvalue weighted by Gasteiger charge is -2.19. The van der Waals surface area contributed by atoms with Crippen molar-refractivity contribution in [2.24, 2.45) is 0 Å². The Morgan fingerprint density at radius 3 is 2.63 bits per heavy atom. The maximum absolute atomic E-state index is 13.1. The Bertz CT molecular complexity index is 1130. The number of benzene rings is 2. The summed E-state index contributed by atoms with van der Waals surface area (Å²) in [5.74, 6) is 0.591. The number of esters is 1. The molecule has 0 spiro atoms. The fraction of sp³-hybridized carbons (Fsp3) is 0.217. The first-order chi connectivity index (χ1) is 12.9. The summed E-state index contributed by atoms with van der Waals surface area (Å²) >= 11 is 0. The molecule has 0 unspecified atom stereocenters. The van der Waals surface area contributed by atoms with Crippen LogP contribution in [0, 0.1) is 13.8 Å². The first kappa shape index (κ1) is 17.3. The van der Waals surface area contributed by atoms with Crippen molar-refractivity contribution in [3.8, 4) is 11.3 Å². The van der Waals surface area contributed by atoms with Crippen LogP contribution < -0.4 is 0 Å². The molecule has 0 N–H and O–H groups in total. The van der Waals surface area contributed by atoms with E-state index in [-0.39, 0.29) is 18.4 Å². The van der Waals surface area contributed by atoms with Crippen molar-refractivity contribution >= 4 is 28.1 Å². The Labute approximate surface area is 157 Å². The Kier molecular flexibility index (Phi) is 3.99. The standard InChI is InChI=1S/C23H20O4/c1-5-19(24)26-11-18-13(3)21-22(25)14(4)20-16-8-6-7-12(2)15(16)9-10-17(20)23(21)27-18/h6-10H,4-5,11H2,1-3H3. The van der Waals surface area contributed by atoms with Gasteiger partial charge in [-0.05, 0) is 36.2 Å². The third-order valence-corrected chi connectivity index (χ3v) is 5.23. The van der Waals surface area contributed by atoms with Gasteiger partial charge < -0.3 is 9.15 Å². The fourth-order valence-corrected chi connectivity index (χ4v) is 3.70. The van der Waals surface area contributed by atoms with E-state index in [1.165, 1.54) is 0 Å². The molecule has 136 valence electrons. The van der Waals surface area contributed by atoms with Gasteiger partial charge in [0, 0.05) is 28.7 Å². The zero-order chi connectivity index (χ0) is 19.3. The van der Waals surface area contributed by atoms with Gasteiger partial charge >= 0.3 is 5.97 Å². The number of carbonyl (C=O) groups excluding carboxylic acids is 2. The molecule has 4 rings (SSSR count). The molecule has 1 aliphatic carbocycles. The second-order valence-corrected chi connectivity index (χ2v) is 6.83. The monoisotopic (exact) mass is 360 g/mol. The first-order valence-electron chi connectivity index (χ1n) is 8.98. The highest BCUT2D eigenvalue weighted by molar-refractivity contribution is 6.36. The largest absolute Gasteiger partial charge is 0.457 e. The van der Waals surface area contributed by atoms with Crippen molar-refractivity contribution in [1.82, 2.24) is 0 Å². The Hall–Kier alpha value is -3.14. The van der Waals surface area contributed by atoms with Crippen molar-refractivity contribution in [1.29, 1.82) is 0 Å². The quantitative estimate of drug-likeness (QED) is 0.465. The van der Waals surface area contributed by atoms with E-state index >= 15 is 0 Å². The number of ether oxygens (including phenoxy) is 1. The van der Waals surface area contributed by atoms with Gasteiger partial charge in [-0.25, -0.2) is 0 Å². The van der Waals surface area contributed by atoms with E-state index in [2.05, 4.69) is 6.58 Å². The number of Topliss-reactive ketones (excluding diaryl/α,β-unsaturated/α-hetero) is 1. The molecular formula is C23H20O4. The van der Waals surface area contributed by atoms with Gasteiger partial charge in [-0.2, -0.15) is 0 Å². The van der Waals surface area contributed by atoms with E-state index in [1.807, 2.05) is 44.2 Å². The first-order valence-corrected chi connectivity index (χ1v) is 8.98. The van der Waals surface area contributed by atoms with E-state index in [0.29, 0.717) is 34.6 Å². The predicted octanol–water partition coefficient (Wildman–Crippen LogP) is 5.38. The topological polar surface area (TPSA) is 56.5 Å². The van der Waals surface area contributed by atoms with E-state index in [4.69, 9.17) is 9.15 Å². The molecule has 4 nitrogen and oxygen atoms in total. The third-order valence-electron chi connectivity index (χ3n) is 5.23. The number of fused-ring (bicyclic) bond motifs is 5. The van der Waals surface area contributed by atoms with Crippen LogP contribution in [0.3, 0.4) is 0 Å². The zero-order valence-corrected chi connectivity index (χ0v) is 15.6. The van der Waals surface area contributed by atoms with Gasteiger partial charge in [0.15, 0.2) is 5.78 Å². The van der Waals surface area contributed by atoms with Gasteiger partial charge in [-0.3, -0.25) is 9.59 Å². The van der Waals surface area contributed by atoms with Crippen LogP contribution in [0.4, 0.5) is 0 Å². The molecule has 0 amide bonds. The molecule has 2 aromatic carbocycles. The smallest absolute Gasteiger partial charge is 0.305 e. The molecule has 3 aromatic rings. The number of furan rings is 1. The Morgan fingerprint density at radius 2 is 1.89 bits per heavy atom. The van der Waals surface area contributed by atoms with Gasteiger partial charge in [0.05, 0.1) is 5.56 Å². The summed E-state index contributed by atoms with van der Waals surface area (Å²) in [5.41, 5.74) is 4.50. The summed E-state index contributed by atoms with van der Waals surface area (Å²) in [6, 6.07) is 10.1. The molecule has 0 atom stereocenters. The lowest BCUT2D eigenvalue weighted by Crippen LogP contribution is -2.11. The number of carbonyl (C=O) groups is 2. The average molecular weight is 360 g/mol. The molecule has 0 bridgehead atoms. The number of rotatable bonds is 3. The highest BCUT2D eigenvalue weighted by atomic mass is 16.5. The van der Waals surface area contributed by atoms with Crippen LogP contribution >= 0.6 is 0 Å². The highest BCUT2D eigenvalue weighted by Gasteiger charge is 2.34. The van der Waals surface area contributed by atoms with Crippen molar-refractivity contribution in [2.75, 3.05) is 0 Å². The van der Waals surface area contributed by atoms with Gasteiger partial charge in [0.2, 0.25) is 0 Å². The van der Waals surface area contributed by atoms with E-state index < -0.39 is 0 Å². The molecule has 1 aromatic heterocycles. The van der Waals surface area contributed by atoms with Crippen LogP contribution in [0.15, 0.2) is 41.3 Å². The molecule has 0 saturated carbocycles. The zero-order valence-electron chi connectivity index (χ0n) is 15.6. The predicted molar refractivity (Wildman–Crippen MR) is 105 cm³/mol. The van der Waals surface area contributed by atoms with Crippen LogP contribution in [0.5, 0.6) is 0 Å². The summed E-state index contributed by atoms with van der Waals surface area (Å²) in [4.78, 5) is 24.6. The maximum atomic E-state index is 13.1. The average Bonchev–Trinajstić information content (AvgIpc) is 3.00. The van der Waals surface area contributed by atoms with E-state index in [9.17, 15) is 9.59 Å². The van der Waals surface area contributed by atoms with Gasteiger partial charge in [0.1, 0.15) is 18.1 Å². The van der Waals surface area contributed by atoms with Crippen LogP contribution in [0.1, 0.15) is 46.2 Å². The SMILES string of the molecule is C=C1C(=O)c2c(oc(COC(=O)CC)c2C)-c2ccc3c(C)cccc3c21. The summed E-state index contributed by atoms with van der Waals surface area (Å²) < 4.78 is 11.2. The van der Waals surface area contributed by atoms with Crippen LogP contribution in [0.2, 0.25) is 0 Å². The van der Waals surface area contributed by atoms with Gasteiger partial charge in [-0.1, -0.05) is 37.8 Å². The molecule has 0 radical (unpaired) electrons. The molecule has 4 heteroatoms.